The molecule has 0 radical (unpaired) electrons. The molecule has 0 bridgehead atoms. The van der Waals surface area contributed by atoms with Crippen LogP contribution in [0.2, 0.25) is 0 Å². The maximum absolute atomic E-state index is 10.8. The van der Waals surface area contributed by atoms with E-state index in [1.807, 2.05) is 6.07 Å². The zero-order chi connectivity index (χ0) is 12.3. The van der Waals surface area contributed by atoms with Crippen molar-refractivity contribution in [2.45, 2.75) is 19.3 Å². The van der Waals surface area contributed by atoms with Crippen LogP contribution in [0.5, 0.6) is 0 Å². The van der Waals surface area contributed by atoms with Crippen LogP contribution in [-0.4, -0.2) is 29.3 Å². The molecular weight excluding hydrogens is 218 g/mol. The Balaban J connectivity index is 1.95. The predicted molar refractivity (Wildman–Crippen MR) is 65.3 cm³/mol. The van der Waals surface area contributed by atoms with Crippen LogP contribution < -0.4 is 5.32 Å². The highest BCUT2D eigenvalue weighted by atomic mass is 16.4. The highest BCUT2D eigenvalue weighted by Crippen LogP contribution is 2.48. The van der Waals surface area contributed by atoms with Gasteiger partial charge in [0.05, 0.1) is 5.56 Å². The van der Waals surface area contributed by atoms with Crippen LogP contribution in [0.25, 0.3) is 0 Å². The number of benzene rings is 1. The van der Waals surface area contributed by atoms with Crippen LogP contribution in [0.15, 0.2) is 24.3 Å². The third-order valence-corrected chi connectivity index (χ3v) is 3.38. The molecule has 0 amide bonds. The van der Waals surface area contributed by atoms with Gasteiger partial charge in [-0.25, -0.2) is 4.79 Å². The van der Waals surface area contributed by atoms with E-state index < -0.39 is 5.97 Å². The van der Waals surface area contributed by atoms with Crippen molar-refractivity contribution < 1.29 is 15.0 Å². The van der Waals surface area contributed by atoms with E-state index in [1.165, 1.54) is 0 Å². The quantitative estimate of drug-likeness (QED) is 0.705. The normalized spacial score (nSPS) is 16.5. The first kappa shape index (κ1) is 11.9. The lowest BCUT2D eigenvalue weighted by Gasteiger charge is -2.15. The Bertz CT molecular complexity index is 413. The first-order chi connectivity index (χ1) is 8.15. The monoisotopic (exact) mass is 235 g/mol. The first-order valence-corrected chi connectivity index (χ1v) is 5.83. The van der Waals surface area contributed by atoms with Crippen LogP contribution >= 0.6 is 0 Å². The molecule has 1 aromatic carbocycles. The molecule has 1 saturated carbocycles. The number of nitrogens with one attached hydrogen (secondary N) is 1. The standard InChI is InChI=1S/C13H17NO3/c15-7-6-13(4-5-13)9-14-11-3-1-2-10(8-11)12(16)17/h1-3,8,14-15H,4-7,9H2,(H,16,17). The number of rotatable bonds is 6. The van der Waals surface area contributed by atoms with Gasteiger partial charge in [0, 0.05) is 18.8 Å². The van der Waals surface area contributed by atoms with E-state index in [-0.39, 0.29) is 12.0 Å². The second kappa shape index (κ2) is 4.75. The predicted octanol–water partition coefficient (Wildman–Crippen LogP) is 1.96. The number of carbonyl (C=O) groups is 1. The Morgan fingerprint density at radius 3 is 2.76 bits per heavy atom. The third kappa shape index (κ3) is 2.97. The van der Waals surface area contributed by atoms with Crippen molar-refractivity contribution in [2.75, 3.05) is 18.5 Å². The molecular formula is C13H17NO3. The summed E-state index contributed by atoms with van der Waals surface area (Å²) >= 11 is 0. The summed E-state index contributed by atoms with van der Waals surface area (Å²) in [7, 11) is 0. The average Bonchev–Trinajstić information content (AvgIpc) is 3.08. The lowest BCUT2D eigenvalue weighted by Crippen LogP contribution is -2.16. The van der Waals surface area contributed by atoms with E-state index in [1.54, 1.807) is 18.2 Å². The molecule has 0 atom stereocenters. The Morgan fingerprint density at radius 1 is 1.41 bits per heavy atom. The summed E-state index contributed by atoms with van der Waals surface area (Å²) in [6.07, 6.45) is 3.09. The molecule has 0 aliphatic heterocycles. The summed E-state index contributed by atoms with van der Waals surface area (Å²) in [6.45, 7) is 1.02. The van der Waals surface area contributed by atoms with Gasteiger partial charge in [-0.05, 0) is 42.9 Å². The number of anilines is 1. The lowest BCUT2D eigenvalue weighted by atomic mass is 10.0. The fourth-order valence-corrected chi connectivity index (χ4v) is 1.98. The van der Waals surface area contributed by atoms with Crippen molar-refractivity contribution in [3.8, 4) is 0 Å². The van der Waals surface area contributed by atoms with Gasteiger partial charge in [0.25, 0.3) is 0 Å². The number of aliphatic hydroxyl groups is 1. The Hall–Kier alpha value is -1.55. The van der Waals surface area contributed by atoms with Crippen molar-refractivity contribution in [1.82, 2.24) is 0 Å². The van der Waals surface area contributed by atoms with Gasteiger partial charge in [-0.3, -0.25) is 0 Å². The molecule has 0 aromatic heterocycles. The van der Waals surface area contributed by atoms with Gasteiger partial charge in [-0.15, -0.1) is 0 Å². The lowest BCUT2D eigenvalue weighted by molar-refractivity contribution is 0.0697. The fourth-order valence-electron chi connectivity index (χ4n) is 1.98. The zero-order valence-electron chi connectivity index (χ0n) is 9.65. The summed E-state index contributed by atoms with van der Waals surface area (Å²) in [5.74, 6) is -0.912. The molecule has 1 aliphatic rings. The highest BCUT2D eigenvalue weighted by Gasteiger charge is 2.41. The maximum Gasteiger partial charge on any atom is 0.335 e. The molecule has 92 valence electrons. The number of carboxylic acid groups (broad SMARTS) is 1. The van der Waals surface area contributed by atoms with Crippen LogP contribution in [0.3, 0.4) is 0 Å². The Morgan fingerprint density at radius 2 is 2.18 bits per heavy atom. The molecule has 1 aliphatic carbocycles. The first-order valence-electron chi connectivity index (χ1n) is 5.83. The van der Waals surface area contributed by atoms with Gasteiger partial charge >= 0.3 is 5.97 Å². The zero-order valence-corrected chi connectivity index (χ0v) is 9.65. The minimum absolute atomic E-state index is 0.219. The maximum atomic E-state index is 10.8. The van der Waals surface area contributed by atoms with Gasteiger partial charge < -0.3 is 15.5 Å². The molecule has 4 heteroatoms. The second-order valence-corrected chi connectivity index (χ2v) is 4.71. The number of carboxylic acids is 1. The summed E-state index contributed by atoms with van der Waals surface area (Å²) in [5, 5.41) is 21.1. The molecule has 17 heavy (non-hydrogen) atoms. The largest absolute Gasteiger partial charge is 0.478 e. The molecule has 3 N–H and O–H groups in total. The Kier molecular flexibility index (Phi) is 3.33. The van der Waals surface area contributed by atoms with Gasteiger partial charge in [0.1, 0.15) is 0 Å². The van der Waals surface area contributed by atoms with Crippen molar-refractivity contribution in [1.29, 1.82) is 0 Å². The molecule has 2 rings (SSSR count). The summed E-state index contributed by atoms with van der Waals surface area (Å²) in [4.78, 5) is 10.8. The molecule has 0 spiro atoms. The SMILES string of the molecule is O=C(O)c1cccc(NCC2(CCO)CC2)c1. The van der Waals surface area contributed by atoms with Crippen LogP contribution in [0, 0.1) is 5.41 Å². The highest BCUT2D eigenvalue weighted by molar-refractivity contribution is 5.88. The third-order valence-electron chi connectivity index (χ3n) is 3.38. The molecule has 0 unspecified atom stereocenters. The van der Waals surface area contributed by atoms with Crippen LogP contribution in [0.4, 0.5) is 5.69 Å². The van der Waals surface area contributed by atoms with Crippen molar-refractivity contribution in [3.63, 3.8) is 0 Å². The topological polar surface area (TPSA) is 69.6 Å². The van der Waals surface area contributed by atoms with Crippen LogP contribution in [-0.2, 0) is 0 Å². The Labute approximate surface area is 100 Å². The van der Waals surface area contributed by atoms with Gasteiger partial charge in [-0.2, -0.15) is 0 Å². The average molecular weight is 235 g/mol. The molecule has 0 heterocycles. The summed E-state index contributed by atoms with van der Waals surface area (Å²) in [5.41, 5.74) is 1.35. The van der Waals surface area contributed by atoms with E-state index in [0.29, 0.717) is 5.56 Å². The van der Waals surface area contributed by atoms with E-state index in [4.69, 9.17) is 10.2 Å². The van der Waals surface area contributed by atoms with Crippen molar-refractivity contribution in [3.05, 3.63) is 29.8 Å². The second-order valence-electron chi connectivity index (χ2n) is 4.71. The minimum Gasteiger partial charge on any atom is -0.478 e. The van der Waals surface area contributed by atoms with E-state index in [9.17, 15) is 4.79 Å². The van der Waals surface area contributed by atoms with Gasteiger partial charge in [0.15, 0.2) is 0 Å². The summed E-state index contributed by atoms with van der Waals surface area (Å²) in [6, 6.07) is 6.81. The molecule has 1 fully saturated rings. The van der Waals surface area contributed by atoms with Gasteiger partial charge in [-0.1, -0.05) is 6.07 Å². The smallest absolute Gasteiger partial charge is 0.335 e. The fraction of sp³-hybridized carbons (Fsp3) is 0.462. The molecule has 1 aromatic rings. The van der Waals surface area contributed by atoms with E-state index in [2.05, 4.69) is 5.32 Å². The van der Waals surface area contributed by atoms with Gasteiger partial charge in [0.2, 0.25) is 0 Å². The number of hydrogen-bond donors (Lipinski definition) is 3. The molecule has 4 nitrogen and oxygen atoms in total. The summed E-state index contributed by atoms with van der Waals surface area (Å²) < 4.78 is 0. The van der Waals surface area contributed by atoms with Crippen molar-refractivity contribution in [2.24, 2.45) is 5.41 Å². The van der Waals surface area contributed by atoms with Crippen molar-refractivity contribution >= 4 is 11.7 Å². The van der Waals surface area contributed by atoms with Crippen LogP contribution in [0.1, 0.15) is 29.6 Å². The molecule has 0 saturated heterocycles. The number of aromatic carboxylic acids is 1. The van der Waals surface area contributed by atoms with E-state index in [0.717, 1.165) is 31.5 Å². The minimum atomic E-state index is -0.912. The van der Waals surface area contributed by atoms with E-state index >= 15 is 0 Å². The number of aliphatic hydroxyl groups excluding tert-OH is 1. The number of hydrogen-bond acceptors (Lipinski definition) is 3.